The van der Waals surface area contributed by atoms with Crippen LogP contribution in [0.15, 0.2) is 78.9 Å². The van der Waals surface area contributed by atoms with Crippen LogP contribution in [0.5, 0.6) is 5.75 Å². The predicted molar refractivity (Wildman–Crippen MR) is 146 cm³/mol. The van der Waals surface area contributed by atoms with Gasteiger partial charge in [-0.2, -0.15) is 0 Å². The first kappa shape index (κ1) is 28.4. The van der Waals surface area contributed by atoms with Crippen molar-refractivity contribution in [3.05, 3.63) is 95.6 Å². The Hall–Kier alpha value is -4.17. The maximum atomic E-state index is 13.3. The fraction of sp³-hybridized carbons (Fsp3) is 0.300. The molecule has 0 aliphatic carbocycles. The fourth-order valence-corrected chi connectivity index (χ4v) is 4.15. The monoisotopic (exact) mass is 517 g/mol. The quantitative estimate of drug-likeness (QED) is 0.164. The smallest absolute Gasteiger partial charge is 0.251 e. The molecule has 0 unspecified atom stereocenters. The van der Waals surface area contributed by atoms with Crippen LogP contribution in [0.2, 0.25) is 0 Å². The lowest BCUT2D eigenvalue weighted by Crippen LogP contribution is -2.31. The summed E-state index contributed by atoms with van der Waals surface area (Å²) in [5.41, 5.74) is 4.78. The number of para-hydroxylation sites is 2. The number of hydroxylamine groups is 1. The normalized spacial score (nSPS) is 10.5. The number of nitrogens with zero attached hydrogens (tertiary/aromatic N) is 1. The topological polar surface area (TPSA) is 108 Å². The van der Waals surface area contributed by atoms with Crippen LogP contribution in [0.3, 0.4) is 0 Å². The number of unbranched alkanes of at least 4 members (excludes halogenated alkanes) is 2. The highest BCUT2D eigenvalue weighted by molar-refractivity contribution is 5.96. The Labute approximate surface area is 223 Å². The summed E-state index contributed by atoms with van der Waals surface area (Å²) in [6.07, 6.45) is 3.10. The van der Waals surface area contributed by atoms with Gasteiger partial charge in [-0.05, 0) is 54.7 Å². The third kappa shape index (κ3) is 8.74. The Morgan fingerprint density at radius 1 is 0.842 bits per heavy atom. The maximum absolute atomic E-state index is 13.3. The first-order chi connectivity index (χ1) is 18.5. The minimum Gasteiger partial charge on any atom is -0.495 e. The summed E-state index contributed by atoms with van der Waals surface area (Å²) in [6.45, 7) is 0.802. The Morgan fingerprint density at radius 3 is 2.32 bits per heavy atom. The summed E-state index contributed by atoms with van der Waals surface area (Å²) in [5.74, 6) is -0.102. The van der Waals surface area contributed by atoms with E-state index in [2.05, 4.69) is 5.32 Å². The van der Waals surface area contributed by atoms with Crippen molar-refractivity contribution in [2.45, 2.75) is 45.1 Å². The van der Waals surface area contributed by atoms with Crippen molar-refractivity contribution in [1.29, 1.82) is 0 Å². The molecular formula is C30H35N3O5. The number of benzene rings is 3. The molecule has 3 rings (SSSR count). The van der Waals surface area contributed by atoms with Crippen LogP contribution in [0.1, 0.15) is 53.6 Å². The van der Waals surface area contributed by atoms with Gasteiger partial charge < -0.3 is 15.0 Å². The summed E-state index contributed by atoms with van der Waals surface area (Å²) >= 11 is 0. The standard InChI is InChI=1S/C30H35N3O5/c1-38-27-16-9-8-15-26(27)33(29(35)18-7-3-6-17-28(34)32-37)22-24-13-10-14-25(21-24)30(36)31-20-19-23-11-4-2-5-12-23/h2,4-5,8-16,21,37H,3,6-7,17-20,22H2,1H3,(H,31,36)(H,32,34). The van der Waals surface area contributed by atoms with E-state index in [9.17, 15) is 14.4 Å². The molecule has 0 heterocycles. The summed E-state index contributed by atoms with van der Waals surface area (Å²) in [7, 11) is 1.56. The molecule has 8 nitrogen and oxygen atoms in total. The van der Waals surface area contributed by atoms with E-state index in [4.69, 9.17) is 9.94 Å². The highest BCUT2D eigenvalue weighted by atomic mass is 16.5. The summed E-state index contributed by atoms with van der Waals surface area (Å²) in [5, 5.41) is 11.6. The van der Waals surface area contributed by atoms with Gasteiger partial charge >= 0.3 is 0 Å². The number of carbonyl (C=O) groups excluding carboxylic acids is 3. The highest BCUT2D eigenvalue weighted by Crippen LogP contribution is 2.30. The zero-order valence-corrected chi connectivity index (χ0v) is 21.7. The Morgan fingerprint density at radius 2 is 1.55 bits per heavy atom. The van der Waals surface area contributed by atoms with Gasteiger partial charge in [0.15, 0.2) is 0 Å². The van der Waals surface area contributed by atoms with Crippen molar-refractivity contribution in [2.24, 2.45) is 0 Å². The van der Waals surface area contributed by atoms with Gasteiger partial charge in [-0.15, -0.1) is 0 Å². The number of hydrogen-bond donors (Lipinski definition) is 3. The van der Waals surface area contributed by atoms with Crippen LogP contribution >= 0.6 is 0 Å². The molecule has 0 saturated heterocycles. The van der Waals surface area contributed by atoms with E-state index in [-0.39, 0.29) is 24.8 Å². The lowest BCUT2D eigenvalue weighted by Gasteiger charge is -2.25. The number of nitrogens with one attached hydrogen (secondary N) is 2. The van der Waals surface area contributed by atoms with Gasteiger partial charge in [0.1, 0.15) is 5.75 Å². The van der Waals surface area contributed by atoms with E-state index in [1.54, 1.807) is 35.7 Å². The fourth-order valence-electron chi connectivity index (χ4n) is 4.15. The molecule has 3 aromatic rings. The number of rotatable bonds is 14. The van der Waals surface area contributed by atoms with Crippen molar-refractivity contribution >= 4 is 23.4 Å². The van der Waals surface area contributed by atoms with E-state index in [1.807, 2.05) is 60.7 Å². The van der Waals surface area contributed by atoms with Crippen molar-refractivity contribution in [3.63, 3.8) is 0 Å². The first-order valence-electron chi connectivity index (χ1n) is 12.8. The minimum atomic E-state index is -0.434. The van der Waals surface area contributed by atoms with Crippen LogP contribution < -0.4 is 20.4 Å². The molecule has 0 atom stereocenters. The zero-order chi connectivity index (χ0) is 27.2. The van der Waals surface area contributed by atoms with Gasteiger partial charge in [0.25, 0.3) is 5.91 Å². The zero-order valence-electron chi connectivity index (χ0n) is 21.7. The molecule has 38 heavy (non-hydrogen) atoms. The number of carbonyl (C=O) groups is 3. The molecule has 0 radical (unpaired) electrons. The third-order valence-corrected chi connectivity index (χ3v) is 6.17. The second-order valence-corrected chi connectivity index (χ2v) is 8.94. The number of amides is 3. The van der Waals surface area contributed by atoms with Gasteiger partial charge in [-0.25, -0.2) is 5.48 Å². The second kappa shape index (κ2) is 15.2. The Bertz CT molecular complexity index is 1200. The molecule has 8 heteroatoms. The van der Waals surface area contributed by atoms with Crippen molar-refractivity contribution in [3.8, 4) is 5.75 Å². The van der Waals surface area contributed by atoms with Crippen LogP contribution in [0.4, 0.5) is 5.69 Å². The summed E-state index contributed by atoms with van der Waals surface area (Å²) in [6, 6.07) is 24.6. The predicted octanol–water partition coefficient (Wildman–Crippen LogP) is 4.66. The molecule has 0 bridgehead atoms. The molecule has 0 fully saturated rings. The lowest BCUT2D eigenvalue weighted by atomic mass is 10.1. The molecule has 0 spiro atoms. The molecule has 0 aliphatic rings. The first-order valence-corrected chi connectivity index (χ1v) is 12.8. The van der Waals surface area contributed by atoms with Crippen LogP contribution in [0.25, 0.3) is 0 Å². The molecular weight excluding hydrogens is 482 g/mol. The van der Waals surface area contributed by atoms with Crippen molar-refractivity contribution < 1.29 is 24.3 Å². The van der Waals surface area contributed by atoms with E-state index >= 15 is 0 Å². The second-order valence-electron chi connectivity index (χ2n) is 8.94. The van der Waals surface area contributed by atoms with E-state index in [0.717, 1.165) is 17.5 Å². The largest absolute Gasteiger partial charge is 0.495 e. The Balaban J connectivity index is 1.67. The van der Waals surface area contributed by atoms with Gasteiger partial charge in [-0.1, -0.05) is 61.0 Å². The maximum Gasteiger partial charge on any atom is 0.251 e. The van der Waals surface area contributed by atoms with Crippen LogP contribution in [-0.2, 0) is 22.6 Å². The van der Waals surface area contributed by atoms with Crippen molar-refractivity contribution in [2.75, 3.05) is 18.6 Å². The number of ether oxygens (including phenoxy) is 1. The van der Waals surface area contributed by atoms with Gasteiger partial charge in [-0.3, -0.25) is 19.6 Å². The molecule has 200 valence electrons. The molecule has 3 N–H and O–H groups in total. The molecule has 0 aliphatic heterocycles. The van der Waals surface area contributed by atoms with Gasteiger partial charge in [0.2, 0.25) is 11.8 Å². The molecule has 0 aromatic heterocycles. The van der Waals surface area contributed by atoms with Gasteiger partial charge in [0, 0.05) is 24.9 Å². The summed E-state index contributed by atoms with van der Waals surface area (Å²) < 4.78 is 5.51. The average molecular weight is 518 g/mol. The minimum absolute atomic E-state index is 0.0844. The number of hydrogen-bond acceptors (Lipinski definition) is 5. The van der Waals surface area contributed by atoms with Gasteiger partial charge in [0.05, 0.1) is 19.3 Å². The number of anilines is 1. The molecule has 3 aromatic carbocycles. The lowest BCUT2D eigenvalue weighted by molar-refractivity contribution is -0.129. The Kier molecular flexibility index (Phi) is 11.3. The average Bonchev–Trinajstić information content (AvgIpc) is 2.96. The van der Waals surface area contributed by atoms with Crippen molar-refractivity contribution in [1.82, 2.24) is 10.8 Å². The third-order valence-electron chi connectivity index (χ3n) is 6.17. The SMILES string of the molecule is COc1ccccc1N(Cc1cccc(C(=O)NCCc2ccccc2)c1)C(=O)CCCCCC(=O)NO. The highest BCUT2D eigenvalue weighted by Gasteiger charge is 2.20. The number of methoxy groups -OCH3 is 1. The van der Waals surface area contributed by atoms with Crippen LogP contribution in [-0.4, -0.2) is 36.6 Å². The molecule has 0 saturated carbocycles. The summed E-state index contributed by atoms with van der Waals surface area (Å²) in [4.78, 5) is 39.0. The van der Waals surface area contributed by atoms with E-state index < -0.39 is 5.91 Å². The molecule has 3 amide bonds. The van der Waals surface area contributed by atoms with Crippen LogP contribution in [0, 0.1) is 0 Å². The van der Waals surface area contributed by atoms with E-state index in [0.29, 0.717) is 49.2 Å². The van der Waals surface area contributed by atoms with E-state index in [1.165, 1.54) is 0 Å².